The molecule has 0 saturated carbocycles. The summed E-state index contributed by atoms with van der Waals surface area (Å²) in [6, 6.07) is 4.24. The van der Waals surface area contributed by atoms with Gasteiger partial charge in [-0.1, -0.05) is 13.3 Å². The minimum Gasteiger partial charge on any atom is -0.468 e. The van der Waals surface area contributed by atoms with Crippen molar-refractivity contribution in [1.29, 1.82) is 0 Å². The summed E-state index contributed by atoms with van der Waals surface area (Å²) in [6.07, 6.45) is 5.64. The van der Waals surface area contributed by atoms with Crippen LogP contribution in [0, 0.1) is 5.92 Å². The van der Waals surface area contributed by atoms with Crippen LogP contribution in [-0.2, 0) is 0 Å². The molecule has 1 aliphatic heterocycles. The van der Waals surface area contributed by atoms with E-state index in [1.807, 2.05) is 12.1 Å². The topological polar surface area (TPSA) is 42.4 Å². The Morgan fingerprint density at radius 1 is 1.50 bits per heavy atom. The lowest BCUT2D eigenvalue weighted by Crippen LogP contribution is -2.39. The SMILES string of the molecule is CCC1CCN(C(CN)c2ccco2)CC1. The second kappa shape index (κ2) is 5.51. The molecular formula is C13H22N2O. The van der Waals surface area contributed by atoms with E-state index in [0.717, 1.165) is 24.8 Å². The molecule has 1 aromatic heterocycles. The van der Waals surface area contributed by atoms with E-state index in [4.69, 9.17) is 10.2 Å². The third kappa shape index (κ3) is 2.47. The number of piperidine rings is 1. The highest BCUT2D eigenvalue weighted by atomic mass is 16.3. The van der Waals surface area contributed by atoms with E-state index in [1.165, 1.54) is 19.3 Å². The first kappa shape index (κ1) is 11.7. The zero-order chi connectivity index (χ0) is 11.4. The van der Waals surface area contributed by atoms with Crippen molar-refractivity contribution in [1.82, 2.24) is 4.90 Å². The minimum atomic E-state index is 0.271. The van der Waals surface area contributed by atoms with Crippen molar-refractivity contribution in [3.05, 3.63) is 24.2 Å². The lowest BCUT2D eigenvalue weighted by molar-refractivity contribution is 0.121. The van der Waals surface area contributed by atoms with E-state index >= 15 is 0 Å². The fraction of sp³-hybridized carbons (Fsp3) is 0.692. The molecule has 1 aliphatic rings. The van der Waals surface area contributed by atoms with Crippen LogP contribution < -0.4 is 5.73 Å². The van der Waals surface area contributed by atoms with E-state index in [0.29, 0.717) is 6.54 Å². The second-order valence-corrected chi connectivity index (χ2v) is 4.65. The molecule has 90 valence electrons. The Labute approximate surface area is 97.6 Å². The molecule has 1 fully saturated rings. The van der Waals surface area contributed by atoms with Gasteiger partial charge in [-0.2, -0.15) is 0 Å². The quantitative estimate of drug-likeness (QED) is 0.850. The maximum atomic E-state index is 5.86. The lowest BCUT2D eigenvalue weighted by Gasteiger charge is -2.35. The maximum Gasteiger partial charge on any atom is 0.122 e. The Morgan fingerprint density at radius 2 is 2.25 bits per heavy atom. The van der Waals surface area contributed by atoms with Crippen LogP contribution in [0.2, 0.25) is 0 Å². The van der Waals surface area contributed by atoms with E-state index in [2.05, 4.69) is 11.8 Å². The molecule has 16 heavy (non-hydrogen) atoms. The van der Waals surface area contributed by atoms with Gasteiger partial charge in [-0.3, -0.25) is 4.90 Å². The number of hydrogen-bond donors (Lipinski definition) is 1. The molecule has 0 bridgehead atoms. The van der Waals surface area contributed by atoms with Gasteiger partial charge in [0, 0.05) is 6.54 Å². The first-order chi connectivity index (χ1) is 7.85. The first-order valence-corrected chi connectivity index (χ1v) is 6.32. The molecule has 1 atom stereocenters. The highest BCUT2D eigenvalue weighted by Gasteiger charge is 2.25. The van der Waals surface area contributed by atoms with E-state index in [-0.39, 0.29) is 6.04 Å². The number of rotatable bonds is 4. The molecule has 2 N–H and O–H groups in total. The monoisotopic (exact) mass is 222 g/mol. The Hall–Kier alpha value is -0.800. The summed E-state index contributed by atoms with van der Waals surface area (Å²) in [5.74, 6) is 1.92. The van der Waals surface area contributed by atoms with Crippen molar-refractivity contribution in [3.8, 4) is 0 Å². The molecule has 0 aromatic carbocycles. The van der Waals surface area contributed by atoms with Crippen molar-refractivity contribution in [2.45, 2.75) is 32.2 Å². The largest absolute Gasteiger partial charge is 0.468 e. The number of furan rings is 1. The third-order valence-corrected chi connectivity index (χ3v) is 3.76. The molecule has 0 amide bonds. The molecule has 0 aliphatic carbocycles. The lowest BCUT2D eigenvalue weighted by atomic mass is 9.93. The summed E-state index contributed by atoms with van der Waals surface area (Å²) < 4.78 is 5.47. The van der Waals surface area contributed by atoms with Gasteiger partial charge >= 0.3 is 0 Å². The van der Waals surface area contributed by atoms with E-state index in [9.17, 15) is 0 Å². The smallest absolute Gasteiger partial charge is 0.122 e. The number of nitrogens with zero attached hydrogens (tertiary/aromatic N) is 1. The van der Waals surface area contributed by atoms with Gasteiger partial charge in [0.15, 0.2) is 0 Å². The van der Waals surface area contributed by atoms with Crippen LogP contribution in [0.5, 0.6) is 0 Å². The molecule has 1 aromatic rings. The van der Waals surface area contributed by atoms with Crippen LogP contribution in [-0.4, -0.2) is 24.5 Å². The molecule has 3 nitrogen and oxygen atoms in total. The van der Waals surface area contributed by atoms with Gasteiger partial charge in [0.2, 0.25) is 0 Å². The Kier molecular flexibility index (Phi) is 4.02. The Bertz CT molecular complexity index is 289. The summed E-state index contributed by atoms with van der Waals surface area (Å²) >= 11 is 0. The van der Waals surface area contributed by atoms with Crippen LogP contribution in [0.25, 0.3) is 0 Å². The average molecular weight is 222 g/mol. The zero-order valence-electron chi connectivity index (χ0n) is 10.1. The van der Waals surface area contributed by atoms with Gasteiger partial charge in [-0.05, 0) is 44.0 Å². The summed E-state index contributed by atoms with van der Waals surface area (Å²) in [6.45, 7) is 5.24. The van der Waals surface area contributed by atoms with Gasteiger partial charge < -0.3 is 10.2 Å². The summed E-state index contributed by atoms with van der Waals surface area (Å²) in [5.41, 5.74) is 5.86. The molecule has 0 radical (unpaired) electrons. The average Bonchev–Trinajstić information content (AvgIpc) is 2.85. The van der Waals surface area contributed by atoms with Gasteiger partial charge in [0.25, 0.3) is 0 Å². The number of nitrogens with two attached hydrogens (primary N) is 1. The molecule has 1 saturated heterocycles. The fourth-order valence-corrected chi connectivity index (χ4v) is 2.60. The molecule has 0 spiro atoms. The predicted molar refractivity (Wildman–Crippen MR) is 65.1 cm³/mol. The highest BCUT2D eigenvalue weighted by Crippen LogP contribution is 2.27. The molecular weight excluding hydrogens is 200 g/mol. The van der Waals surface area contributed by atoms with Crippen molar-refractivity contribution in [2.75, 3.05) is 19.6 Å². The van der Waals surface area contributed by atoms with Crippen LogP contribution in [0.1, 0.15) is 38.0 Å². The first-order valence-electron chi connectivity index (χ1n) is 6.32. The standard InChI is InChI=1S/C13H22N2O/c1-2-11-5-7-15(8-6-11)12(10-14)13-4-3-9-16-13/h3-4,9,11-12H,2,5-8,10,14H2,1H3. The normalized spacial score (nSPS) is 21.1. The molecule has 1 unspecified atom stereocenters. The van der Waals surface area contributed by atoms with Crippen LogP contribution in [0.15, 0.2) is 22.8 Å². The van der Waals surface area contributed by atoms with Crippen molar-refractivity contribution in [2.24, 2.45) is 11.7 Å². The van der Waals surface area contributed by atoms with Crippen LogP contribution in [0.3, 0.4) is 0 Å². The van der Waals surface area contributed by atoms with Gasteiger partial charge in [0.1, 0.15) is 5.76 Å². The fourth-order valence-electron chi connectivity index (χ4n) is 2.60. The summed E-state index contributed by atoms with van der Waals surface area (Å²) in [5, 5.41) is 0. The number of likely N-dealkylation sites (tertiary alicyclic amines) is 1. The third-order valence-electron chi connectivity index (χ3n) is 3.76. The van der Waals surface area contributed by atoms with Crippen LogP contribution in [0.4, 0.5) is 0 Å². The van der Waals surface area contributed by atoms with E-state index in [1.54, 1.807) is 6.26 Å². The van der Waals surface area contributed by atoms with Crippen LogP contribution >= 0.6 is 0 Å². The van der Waals surface area contributed by atoms with Gasteiger partial charge in [0.05, 0.1) is 12.3 Å². The second-order valence-electron chi connectivity index (χ2n) is 4.65. The zero-order valence-corrected chi connectivity index (χ0v) is 10.1. The molecule has 3 heteroatoms. The van der Waals surface area contributed by atoms with Crippen molar-refractivity contribution in [3.63, 3.8) is 0 Å². The van der Waals surface area contributed by atoms with E-state index < -0.39 is 0 Å². The summed E-state index contributed by atoms with van der Waals surface area (Å²) in [7, 11) is 0. The van der Waals surface area contributed by atoms with Gasteiger partial charge in [-0.15, -0.1) is 0 Å². The highest BCUT2D eigenvalue weighted by molar-refractivity contribution is 5.05. The maximum absolute atomic E-state index is 5.86. The molecule has 2 rings (SSSR count). The summed E-state index contributed by atoms with van der Waals surface area (Å²) in [4.78, 5) is 2.46. The molecule has 2 heterocycles. The Morgan fingerprint density at radius 3 is 2.75 bits per heavy atom. The van der Waals surface area contributed by atoms with Crippen molar-refractivity contribution < 1.29 is 4.42 Å². The van der Waals surface area contributed by atoms with Gasteiger partial charge in [-0.25, -0.2) is 0 Å². The predicted octanol–water partition coefficient (Wildman–Crippen LogP) is 2.40. The van der Waals surface area contributed by atoms with Crippen molar-refractivity contribution >= 4 is 0 Å². The Balaban J connectivity index is 1.96. The minimum absolute atomic E-state index is 0.271. The number of hydrogen-bond acceptors (Lipinski definition) is 3.